The Morgan fingerprint density at radius 1 is 0.646 bits per heavy atom. The number of phenolic OH excluding ortho intramolecular Hbond substituents is 1. The number of benzene rings is 7. The number of aryl methyl sites for hydroxylation is 1. The van der Waals surface area contributed by atoms with Gasteiger partial charge in [0.2, 0.25) is 0 Å². The van der Waals surface area contributed by atoms with Crippen LogP contribution in [-0.2, 0) is 32.9 Å². The average Bonchev–Trinajstić information content (AvgIpc) is 3.69. The van der Waals surface area contributed by atoms with Gasteiger partial charge in [-0.2, -0.15) is 0 Å². The summed E-state index contributed by atoms with van der Waals surface area (Å²) in [6.07, 6.45) is 2.82. The van der Waals surface area contributed by atoms with Crippen molar-refractivity contribution < 1.29 is 27.5 Å². The molecule has 5 heteroatoms. The summed E-state index contributed by atoms with van der Waals surface area (Å²) in [5.41, 5.74) is 17.2. The molecule has 0 atom stereocenters. The number of phenols is 1. The van der Waals surface area contributed by atoms with Gasteiger partial charge in [-0.3, -0.25) is 9.55 Å². The van der Waals surface area contributed by atoms with Crippen molar-refractivity contribution in [3.63, 3.8) is 0 Å². The first kappa shape index (κ1) is 43.9. The van der Waals surface area contributed by atoms with Crippen LogP contribution in [0.15, 0.2) is 164 Å². The molecule has 2 heterocycles. The Hall–Kier alpha value is -6.35. The summed E-state index contributed by atoms with van der Waals surface area (Å²) in [5.74, 6) is 0.725. The molecule has 9 rings (SSSR count). The molecule has 1 N–H and O–H groups in total. The van der Waals surface area contributed by atoms with Gasteiger partial charge in [0, 0.05) is 45.5 Å². The minimum atomic E-state index is -0.678. The summed E-state index contributed by atoms with van der Waals surface area (Å²) in [6, 6.07) is 59.0. The molecule has 0 unspecified atom stereocenters. The summed E-state index contributed by atoms with van der Waals surface area (Å²) in [5, 5.41) is 12.3. The Bertz CT molecular complexity index is 3180. The minimum absolute atomic E-state index is 0. The van der Waals surface area contributed by atoms with Gasteiger partial charge in [0.05, 0.1) is 22.3 Å². The van der Waals surface area contributed by atoms with E-state index in [1.807, 2.05) is 44.3 Å². The van der Waals surface area contributed by atoms with Crippen molar-refractivity contribution >= 4 is 11.0 Å². The van der Waals surface area contributed by atoms with Gasteiger partial charge in [-0.1, -0.05) is 180 Å². The molecule has 9 aromatic rings. The maximum atomic E-state index is 12.3. The maximum absolute atomic E-state index is 12.3. The van der Waals surface area contributed by atoms with E-state index in [9.17, 15) is 5.11 Å². The third-order valence-electron chi connectivity index (χ3n) is 12.1. The van der Waals surface area contributed by atoms with Crippen molar-refractivity contribution in [3.8, 4) is 78.6 Å². The minimum Gasteiger partial charge on any atom is -0.507 e. The third kappa shape index (κ3) is 9.29. The zero-order valence-electron chi connectivity index (χ0n) is 39.5. The van der Waals surface area contributed by atoms with Crippen molar-refractivity contribution in [3.05, 3.63) is 192 Å². The predicted molar refractivity (Wildman–Crippen MR) is 268 cm³/mol. The van der Waals surface area contributed by atoms with Crippen molar-refractivity contribution in [1.82, 2.24) is 14.5 Å². The van der Waals surface area contributed by atoms with Crippen LogP contribution in [0.2, 0.25) is 0 Å². The fraction of sp³-hybridized carbons (Fsp3) is 0.200. The molecule has 4 nitrogen and oxygen atoms in total. The van der Waals surface area contributed by atoms with Gasteiger partial charge in [-0.15, -0.1) is 23.8 Å². The first-order valence-corrected chi connectivity index (χ1v) is 22.4. The van der Waals surface area contributed by atoms with Gasteiger partial charge in [0.25, 0.3) is 0 Å². The quantitative estimate of drug-likeness (QED) is 0.139. The fourth-order valence-corrected chi connectivity index (χ4v) is 8.89. The second-order valence-corrected chi connectivity index (χ2v) is 18.8. The number of nitrogens with zero attached hydrogens (tertiary/aromatic N) is 3. The molecule has 0 amide bonds. The number of fused-ring (bicyclic) bond motifs is 1. The summed E-state index contributed by atoms with van der Waals surface area (Å²) in [7, 11) is 0. The maximum Gasteiger partial charge on any atom is 0.148 e. The molecule has 0 radical (unpaired) electrons. The molecule has 328 valence electrons. The van der Waals surface area contributed by atoms with Crippen LogP contribution in [0.3, 0.4) is 0 Å². The number of hydrogen-bond acceptors (Lipinski definition) is 3. The third-order valence-corrected chi connectivity index (χ3v) is 12.1. The Morgan fingerprint density at radius 3 is 2.00 bits per heavy atom. The molecule has 65 heavy (non-hydrogen) atoms. The van der Waals surface area contributed by atoms with Crippen LogP contribution >= 0.6 is 0 Å². The summed E-state index contributed by atoms with van der Waals surface area (Å²) < 4.78 is 10.8. The molecule has 0 saturated carbocycles. The second-order valence-electron chi connectivity index (χ2n) is 18.8. The van der Waals surface area contributed by atoms with Crippen LogP contribution < -0.4 is 0 Å². The first-order chi connectivity index (χ1) is 31.1. The van der Waals surface area contributed by atoms with Gasteiger partial charge >= 0.3 is 0 Å². The molecule has 0 spiro atoms. The zero-order valence-corrected chi connectivity index (χ0v) is 40.8. The number of aromatic nitrogens is 3. The molecular formula is C60H56N3OPt-. The fourth-order valence-electron chi connectivity index (χ4n) is 8.89. The van der Waals surface area contributed by atoms with Crippen LogP contribution in [0.4, 0.5) is 0 Å². The van der Waals surface area contributed by atoms with Crippen LogP contribution in [0, 0.1) is 18.9 Å². The Kier molecular flexibility index (Phi) is 12.6. The van der Waals surface area contributed by atoms with E-state index >= 15 is 0 Å². The average molecular weight is 1030 g/mol. The second kappa shape index (κ2) is 18.6. The van der Waals surface area contributed by atoms with E-state index in [1.54, 1.807) is 0 Å². The first-order valence-electron chi connectivity index (χ1n) is 22.9. The number of hydrogen-bond donors (Lipinski definition) is 1. The van der Waals surface area contributed by atoms with Gasteiger partial charge in [0.15, 0.2) is 0 Å². The van der Waals surface area contributed by atoms with E-state index in [2.05, 4.69) is 186 Å². The van der Waals surface area contributed by atoms with E-state index in [1.165, 1.54) is 5.56 Å². The van der Waals surface area contributed by atoms with Gasteiger partial charge in [0.1, 0.15) is 11.6 Å². The smallest absolute Gasteiger partial charge is 0.148 e. The molecular weight excluding hydrogens is 974 g/mol. The SMILES string of the molecule is [2H]C(C)(C)c1ccc(-c2ccnc(-c3[c-]c(-c4cccc5c4nc(-c4cc(C)cc(C(C)(C)C)c4O)n5-c4ccc(CC(C)C)cc4-c4ccccc4)cc(-c4ccccc4)c3)c2)cc1.[Pt]. The summed E-state index contributed by atoms with van der Waals surface area (Å²) in [4.78, 5) is 10.5. The summed E-state index contributed by atoms with van der Waals surface area (Å²) in [6.45, 7) is 16.8. The molecule has 0 saturated heterocycles. The van der Waals surface area contributed by atoms with Gasteiger partial charge in [-0.25, -0.2) is 4.98 Å². The molecule has 7 aromatic carbocycles. The van der Waals surface area contributed by atoms with Crippen molar-refractivity contribution in [1.29, 1.82) is 0 Å². The Morgan fingerprint density at radius 2 is 1.32 bits per heavy atom. The van der Waals surface area contributed by atoms with Crippen molar-refractivity contribution in [2.75, 3.05) is 0 Å². The molecule has 0 bridgehead atoms. The van der Waals surface area contributed by atoms with Crippen molar-refractivity contribution in [2.24, 2.45) is 5.92 Å². The van der Waals surface area contributed by atoms with Crippen LogP contribution in [0.25, 0.3) is 83.9 Å². The summed E-state index contributed by atoms with van der Waals surface area (Å²) >= 11 is 0. The molecule has 0 aliphatic carbocycles. The number of rotatable bonds is 10. The number of aromatic hydroxyl groups is 1. The van der Waals surface area contributed by atoms with E-state index < -0.39 is 5.89 Å². The van der Waals surface area contributed by atoms with Gasteiger partial charge in [-0.05, 0) is 99.8 Å². The monoisotopic (exact) mass is 1030 g/mol. The molecule has 0 aliphatic heterocycles. The number of imidazole rings is 1. The van der Waals surface area contributed by atoms with Crippen LogP contribution in [0.1, 0.15) is 78.0 Å². The standard InChI is InChI=1S/C60H56N3O.Pt/c1-38(2)30-41-22-27-55(51(33-41)45-18-13-10-14-19-45)63-56-21-15-20-50(57(56)62-59(63)52-31-40(5)32-53(58(52)64)60(6,7)8)48-34-47(43-16-11-9-12-17-43)35-49(36-48)54-37-46(28-29-61-54)44-25-23-42(24-26-44)39(3)4;/h9-29,31-35,37-39,64H,30H2,1-8H3;/q-1;/i39D;. The molecule has 0 aliphatic rings. The van der Waals surface area contributed by atoms with Crippen LogP contribution in [-0.4, -0.2) is 19.6 Å². The zero-order chi connectivity index (χ0) is 45.6. The van der Waals surface area contributed by atoms with Gasteiger partial charge < -0.3 is 5.11 Å². The van der Waals surface area contributed by atoms with E-state index in [0.29, 0.717) is 17.3 Å². The number of para-hydroxylation sites is 1. The predicted octanol–water partition coefficient (Wildman–Crippen LogP) is 15.9. The molecule has 2 aromatic heterocycles. The van der Waals surface area contributed by atoms with E-state index in [0.717, 1.165) is 95.6 Å². The van der Waals surface area contributed by atoms with Crippen molar-refractivity contribution in [2.45, 2.75) is 73.1 Å². The van der Waals surface area contributed by atoms with E-state index in [-0.39, 0.29) is 32.2 Å². The van der Waals surface area contributed by atoms with Crippen LogP contribution in [0.5, 0.6) is 5.75 Å². The Labute approximate surface area is 400 Å². The topological polar surface area (TPSA) is 50.9 Å². The number of pyridine rings is 1. The molecule has 0 fully saturated rings. The van der Waals surface area contributed by atoms with E-state index in [4.69, 9.17) is 11.3 Å². The Balaban J connectivity index is 0.00000592. The largest absolute Gasteiger partial charge is 0.507 e. The normalized spacial score (nSPS) is 12.0.